The Morgan fingerprint density at radius 1 is 1.07 bits per heavy atom. The summed E-state index contributed by atoms with van der Waals surface area (Å²) in [5.41, 5.74) is 2.05. The first-order chi connectivity index (χ1) is 14.4. The van der Waals surface area contributed by atoms with Crippen molar-refractivity contribution in [3.63, 3.8) is 0 Å². The SMILES string of the molecule is Cc1cccc(-c2nnc([C@@H](C)N3CCC(NS(=O)(=O)c4ccccc4)CC3)o2)c1. The van der Waals surface area contributed by atoms with E-state index in [2.05, 4.69) is 19.8 Å². The molecule has 1 N–H and O–H groups in total. The Hall–Kier alpha value is -2.55. The summed E-state index contributed by atoms with van der Waals surface area (Å²) in [6, 6.07) is 16.4. The van der Waals surface area contributed by atoms with Crippen molar-refractivity contribution in [2.75, 3.05) is 13.1 Å². The first-order valence-electron chi connectivity index (χ1n) is 10.1. The van der Waals surface area contributed by atoms with Crippen LogP contribution in [-0.4, -0.2) is 42.6 Å². The Morgan fingerprint density at radius 3 is 2.50 bits per heavy atom. The summed E-state index contributed by atoms with van der Waals surface area (Å²) >= 11 is 0. The van der Waals surface area contributed by atoms with Gasteiger partial charge in [0.25, 0.3) is 0 Å². The molecule has 1 atom stereocenters. The highest BCUT2D eigenvalue weighted by atomic mass is 32.2. The highest BCUT2D eigenvalue weighted by Crippen LogP contribution is 2.27. The van der Waals surface area contributed by atoms with Gasteiger partial charge in [0.15, 0.2) is 0 Å². The second-order valence-corrected chi connectivity index (χ2v) is 9.45. The number of aromatic nitrogens is 2. The number of likely N-dealkylation sites (tertiary alicyclic amines) is 1. The molecule has 158 valence electrons. The maximum absolute atomic E-state index is 12.5. The van der Waals surface area contributed by atoms with Crippen molar-refractivity contribution in [2.45, 2.75) is 43.7 Å². The zero-order valence-corrected chi connectivity index (χ0v) is 18.0. The van der Waals surface area contributed by atoms with Crippen LogP contribution in [0.3, 0.4) is 0 Å². The van der Waals surface area contributed by atoms with Gasteiger partial charge in [0.2, 0.25) is 21.8 Å². The molecule has 3 aromatic rings. The first kappa shape index (κ1) is 20.7. The van der Waals surface area contributed by atoms with Gasteiger partial charge in [-0.3, -0.25) is 4.90 Å². The number of nitrogens with one attached hydrogen (secondary N) is 1. The molecule has 0 spiro atoms. The van der Waals surface area contributed by atoms with E-state index in [-0.39, 0.29) is 12.1 Å². The van der Waals surface area contributed by atoms with Crippen LogP contribution < -0.4 is 4.72 Å². The second kappa shape index (κ2) is 8.67. The summed E-state index contributed by atoms with van der Waals surface area (Å²) < 4.78 is 33.8. The van der Waals surface area contributed by atoms with Crippen LogP contribution in [0.25, 0.3) is 11.5 Å². The highest BCUT2D eigenvalue weighted by Gasteiger charge is 2.29. The zero-order valence-electron chi connectivity index (χ0n) is 17.2. The number of aryl methyl sites for hydroxylation is 1. The first-order valence-corrected chi connectivity index (χ1v) is 11.6. The molecule has 0 unspecified atom stereocenters. The van der Waals surface area contributed by atoms with Crippen molar-refractivity contribution in [1.29, 1.82) is 0 Å². The molecule has 0 saturated carbocycles. The van der Waals surface area contributed by atoms with Crippen LogP contribution in [0.1, 0.15) is 37.3 Å². The van der Waals surface area contributed by atoms with E-state index in [1.807, 2.05) is 38.1 Å². The minimum absolute atomic E-state index is 0.0252. The predicted octanol–water partition coefficient (Wildman–Crippen LogP) is 3.55. The molecule has 2 heterocycles. The van der Waals surface area contributed by atoms with Crippen molar-refractivity contribution < 1.29 is 12.8 Å². The van der Waals surface area contributed by atoms with Gasteiger partial charge in [-0.1, -0.05) is 35.9 Å². The minimum atomic E-state index is -3.49. The van der Waals surface area contributed by atoms with Crippen LogP contribution in [0.15, 0.2) is 63.9 Å². The predicted molar refractivity (Wildman–Crippen MR) is 114 cm³/mol. The summed E-state index contributed by atoms with van der Waals surface area (Å²) in [6.45, 7) is 5.58. The maximum atomic E-state index is 12.5. The zero-order chi connectivity index (χ0) is 21.1. The van der Waals surface area contributed by atoms with Gasteiger partial charge >= 0.3 is 0 Å². The third kappa shape index (κ3) is 4.61. The average molecular weight is 427 g/mol. The van der Waals surface area contributed by atoms with E-state index in [1.165, 1.54) is 0 Å². The monoisotopic (exact) mass is 426 g/mol. The van der Waals surface area contributed by atoms with Crippen LogP contribution >= 0.6 is 0 Å². The molecule has 8 heteroatoms. The fourth-order valence-electron chi connectivity index (χ4n) is 3.75. The van der Waals surface area contributed by atoms with Gasteiger partial charge in [0.1, 0.15) is 0 Å². The molecule has 0 aliphatic carbocycles. The lowest BCUT2D eigenvalue weighted by Gasteiger charge is -2.34. The minimum Gasteiger partial charge on any atom is -0.419 e. The molecule has 1 saturated heterocycles. The Kier molecular flexibility index (Phi) is 5.99. The summed E-state index contributed by atoms with van der Waals surface area (Å²) in [7, 11) is -3.49. The van der Waals surface area contributed by atoms with Crippen molar-refractivity contribution in [3.05, 3.63) is 66.1 Å². The molecule has 7 nitrogen and oxygen atoms in total. The van der Waals surface area contributed by atoms with Crippen molar-refractivity contribution in [1.82, 2.24) is 19.8 Å². The van der Waals surface area contributed by atoms with E-state index in [4.69, 9.17) is 4.42 Å². The van der Waals surface area contributed by atoms with Gasteiger partial charge in [0.05, 0.1) is 10.9 Å². The lowest BCUT2D eigenvalue weighted by molar-refractivity contribution is 0.140. The molecule has 0 amide bonds. The molecule has 30 heavy (non-hydrogen) atoms. The van der Waals surface area contributed by atoms with Crippen molar-refractivity contribution in [3.8, 4) is 11.5 Å². The summed E-state index contributed by atoms with van der Waals surface area (Å²) in [5, 5.41) is 8.45. The van der Waals surface area contributed by atoms with E-state index in [9.17, 15) is 8.42 Å². The Bertz CT molecular complexity index is 1090. The largest absolute Gasteiger partial charge is 0.419 e. The van der Waals surface area contributed by atoms with Gasteiger partial charge < -0.3 is 4.42 Å². The van der Waals surface area contributed by atoms with Crippen molar-refractivity contribution >= 4 is 10.0 Å². The topological polar surface area (TPSA) is 88.3 Å². The van der Waals surface area contributed by atoms with Crippen LogP contribution in [0.4, 0.5) is 0 Å². The van der Waals surface area contributed by atoms with E-state index < -0.39 is 10.0 Å². The third-order valence-corrected chi connectivity index (χ3v) is 7.05. The van der Waals surface area contributed by atoms with Gasteiger partial charge in [-0.2, -0.15) is 0 Å². The number of nitrogens with zero attached hydrogens (tertiary/aromatic N) is 3. The van der Waals surface area contributed by atoms with E-state index in [0.717, 1.165) is 37.1 Å². The molecule has 1 aliphatic heterocycles. The molecular formula is C22H26N4O3S. The standard InChI is InChI=1S/C22H26N4O3S/c1-16-7-6-8-18(15-16)22-24-23-21(29-22)17(2)26-13-11-19(12-14-26)25-30(27,28)20-9-4-3-5-10-20/h3-10,15,17,19,25H,11-14H2,1-2H3/t17-/m1/s1. The normalized spacial score (nSPS) is 17.1. The summed E-state index contributed by atoms with van der Waals surface area (Å²) in [4.78, 5) is 2.55. The number of hydrogen-bond acceptors (Lipinski definition) is 6. The fourth-order valence-corrected chi connectivity index (χ4v) is 5.07. The molecule has 4 rings (SSSR count). The molecule has 1 fully saturated rings. The van der Waals surface area contributed by atoms with Crippen LogP contribution in [0.5, 0.6) is 0 Å². The Morgan fingerprint density at radius 2 is 1.80 bits per heavy atom. The quantitative estimate of drug-likeness (QED) is 0.649. The lowest BCUT2D eigenvalue weighted by Crippen LogP contribution is -2.45. The maximum Gasteiger partial charge on any atom is 0.247 e. The van der Waals surface area contributed by atoms with Crippen LogP contribution in [0, 0.1) is 6.92 Å². The number of piperidine rings is 1. The third-order valence-electron chi connectivity index (χ3n) is 5.52. The molecule has 0 bridgehead atoms. The van der Waals surface area contributed by atoms with E-state index in [0.29, 0.717) is 16.7 Å². The Labute approximate surface area is 177 Å². The average Bonchev–Trinajstić information content (AvgIpc) is 3.25. The molecule has 1 aromatic heterocycles. The van der Waals surface area contributed by atoms with Gasteiger partial charge in [-0.15, -0.1) is 10.2 Å². The molecule has 1 aliphatic rings. The van der Waals surface area contributed by atoms with E-state index >= 15 is 0 Å². The number of sulfonamides is 1. The second-order valence-electron chi connectivity index (χ2n) is 7.74. The van der Waals surface area contributed by atoms with Crippen molar-refractivity contribution in [2.24, 2.45) is 0 Å². The Balaban J connectivity index is 1.36. The fraction of sp³-hybridized carbons (Fsp3) is 0.364. The lowest BCUT2D eigenvalue weighted by atomic mass is 10.0. The number of rotatable bonds is 6. The molecular weight excluding hydrogens is 400 g/mol. The van der Waals surface area contributed by atoms with Gasteiger partial charge in [-0.05, 0) is 51.0 Å². The van der Waals surface area contributed by atoms with Crippen LogP contribution in [0.2, 0.25) is 0 Å². The number of hydrogen-bond donors (Lipinski definition) is 1. The van der Waals surface area contributed by atoms with Gasteiger partial charge in [-0.25, -0.2) is 13.1 Å². The van der Waals surface area contributed by atoms with Crippen LogP contribution in [-0.2, 0) is 10.0 Å². The summed E-state index contributed by atoms with van der Waals surface area (Å²) in [6.07, 6.45) is 1.46. The summed E-state index contributed by atoms with van der Waals surface area (Å²) in [5.74, 6) is 1.10. The highest BCUT2D eigenvalue weighted by molar-refractivity contribution is 7.89. The van der Waals surface area contributed by atoms with E-state index in [1.54, 1.807) is 30.3 Å². The van der Waals surface area contributed by atoms with Gasteiger partial charge in [0, 0.05) is 24.7 Å². The smallest absolute Gasteiger partial charge is 0.247 e. The molecule has 2 aromatic carbocycles. The molecule has 0 radical (unpaired) electrons. The number of benzene rings is 2.